The van der Waals surface area contributed by atoms with Gasteiger partial charge in [-0.3, -0.25) is 5.10 Å². The number of aryl methyl sites for hydroxylation is 2. The Hall–Kier alpha value is -1.37. The van der Waals surface area contributed by atoms with Gasteiger partial charge in [0.2, 0.25) is 0 Å². The van der Waals surface area contributed by atoms with Crippen molar-refractivity contribution < 1.29 is 8.42 Å². The molecule has 1 aromatic heterocycles. The number of aromatic nitrogens is 2. The summed E-state index contributed by atoms with van der Waals surface area (Å²) in [5.74, 6) is 0.0631. The van der Waals surface area contributed by atoms with Gasteiger partial charge in [-0.1, -0.05) is 18.5 Å². The molecule has 2 N–H and O–H groups in total. The van der Waals surface area contributed by atoms with Crippen LogP contribution < -0.4 is 5.32 Å². The van der Waals surface area contributed by atoms with E-state index >= 15 is 0 Å². The first-order valence-electron chi connectivity index (χ1n) is 7.07. The number of nitrogens with zero attached hydrogens (tertiary/aromatic N) is 1. The molecule has 0 saturated carbocycles. The first kappa shape index (κ1) is 17.0. The van der Waals surface area contributed by atoms with Crippen molar-refractivity contribution in [2.75, 3.05) is 5.75 Å². The Morgan fingerprint density at radius 3 is 2.55 bits per heavy atom. The Morgan fingerprint density at radius 1 is 1.23 bits per heavy atom. The molecule has 0 saturated heterocycles. The zero-order valence-corrected chi connectivity index (χ0v) is 14.5. The maximum Gasteiger partial charge on any atom is 0.178 e. The van der Waals surface area contributed by atoms with E-state index in [9.17, 15) is 8.42 Å². The van der Waals surface area contributed by atoms with Crippen LogP contribution in [0.25, 0.3) is 0 Å². The molecule has 0 aliphatic heterocycles. The van der Waals surface area contributed by atoms with Crippen LogP contribution in [0.3, 0.4) is 0 Å². The van der Waals surface area contributed by atoms with Gasteiger partial charge in [0.15, 0.2) is 9.84 Å². The largest absolute Gasteiger partial charge is 0.308 e. The molecule has 5 nitrogen and oxygen atoms in total. The van der Waals surface area contributed by atoms with Crippen molar-refractivity contribution in [1.29, 1.82) is 0 Å². The van der Waals surface area contributed by atoms with Crippen molar-refractivity contribution >= 4 is 21.4 Å². The fraction of sp³-hybridized carbons (Fsp3) is 0.400. The van der Waals surface area contributed by atoms with E-state index in [1.54, 1.807) is 19.1 Å². The maximum atomic E-state index is 12.0. The Labute approximate surface area is 136 Å². The van der Waals surface area contributed by atoms with Crippen molar-refractivity contribution in [3.63, 3.8) is 0 Å². The number of aromatic amines is 1. The Balaban J connectivity index is 2.11. The second kappa shape index (κ2) is 6.81. The molecule has 1 heterocycles. The Bertz CT molecular complexity index is 750. The monoisotopic (exact) mass is 341 g/mol. The van der Waals surface area contributed by atoms with Crippen LogP contribution >= 0.6 is 11.6 Å². The molecule has 120 valence electrons. The number of hydrogen-bond donors (Lipinski definition) is 2. The van der Waals surface area contributed by atoms with Gasteiger partial charge in [0.1, 0.15) is 0 Å². The molecule has 0 aliphatic rings. The number of halogens is 1. The molecule has 0 bridgehead atoms. The summed E-state index contributed by atoms with van der Waals surface area (Å²) < 4.78 is 23.9. The maximum absolute atomic E-state index is 12.0. The summed E-state index contributed by atoms with van der Waals surface area (Å²) in [5, 5.41) is 10.8. The molecule has 0 amide bonds. The van der Waals surface area contributed by atoms with Crippen molar-refractivity contribution in [2.24, 2.45) is 0 Å². The van der Waals surface area contributed by atoms with Gasteiger partial charge < -0.3 is 5.32 Å². The molecule has 0 aliphatic carbocycles. The lowest BCUT2D eigenvalue weighted by Crippen LogP contribution is -2.14. The number of hydrogen-bond acceptors (Lipinski definition) is 4. The van der Waals surface area contributed by atoms with Crippen molar-refractivity contribution in [3.8, 4) is 0 Å². The van der Waals surface area contributed by atoms with Crippen LogP contribution in [0.4, 0.5) is 0 Å². The van der Waals surface area contributed by atoms with Gasteiger partial charge in [-0.2, -0.15) is 5.10 Å². The normalized spacial score (nSPS) is 11.8. The van der Waals surface area contributed by atoms with E-state index in [4.69, 9.17) is 11.6 Å². The van der Waals surface area contributed by atoms with Crippen LogP contribution in [-0.2, 0) is 22.9 Å². The minimum Gasteiger partial charge on any atom is -0.308 e. The van der Waals surface area contributed by atoms with Crippen LogP contribution in [0.2, 0.25) is 5.02 Å². The molecule has 1 aromatic carbocycles. The number of sulfone groups is 1. The van der Waals surface area contributed by atoms with Gasteiger partial charge in [-0.05, 0) is 37.6 Å². The van der Waals surface area contributed by atoms with Crippen molar-refractivity contribution in [2.45, 2.75) is 38.8 Å². The standard InChI is InChI=1S/C15H20ClN3O2S/c1-4-22(20,21)14-6-12(5-13(16)7-14)8-17-9-15-10(2)18-19-11(15)3/h5-7,17H,4,8-9H2,1-3H3,(H,18,19). The van der Waals surface area contributed by atoms with Gasteiger partial charge >= 0.3 is 0 Å². The highest BCUT2D eigenvalue weighted by Crippen LogP contribution is 2.20. The van der Waals surface area contributed by atoms with Gasteiger partial charge in [-0.25, -0.2) is 8.42 Å². The second-order valence-electron chi connectivity index (χ2n) is 5.21. The van der Waals surface area contributed by atoms with Gasteiger partial charge in [-0.15, -0.1) is 0 Å². The summed E-state index contributed by atoms with van der Waals surface area (Å²) in [4.78, 5) is 0.273. The molecule has 2 aromatic rings. The molecular formula is C15H20ClN3O2S. The smallest absolute Gasteiger partial charge is 0.178 e. The van der Waals surface area contributed by atoms with E-state index in [0.717, 1.165) is 22.5 Å². The molecule has 22 heavy (non-hydrogen) atoms. The summed E-state index contributed by atoms with van der Waals surface area (Å²) in [6.45, 7) is 6.75. The van der Waals surface area contributed by atoms with E-state index in [-0.39, 0.29) is 10.6 Å². The highest BCUT2D eigenvalue weighted by Gasteiger charge is 2.13. The summed E-state index contributed by atoms with van der Waals surface area (Å²) in [7, 11) is -3.25. The molecule has 0 atom stereocenters. The van der Waals surface area contributed by atoms with Crippen LogP contribution in [0, 0.1) is 13.8 Å². The summed E-state index contributed by atoms with van der Waals surface area (Å²) >= 11 is 6.03. The number of H-pyrrole nitrogens is 1. The lowest BCUT2D eigenvalue weighted by atomic mass is 10.2. The van der Waals surface area contributed by atoms with E-state index in [1.807, 2.05) is 13.8 Å². The number of rotatable bonds is 6. The third-order valence-corrected chi connectivity index (χ3v) is 5.51. The first-order chi connectivity index (χ1) is 10.3. The number of nitrogens with one attached hydrogen (secondary N) is 2. The minimum atomic E-state index is -3.25. The topological polar surface area (TPSA) is 74.8 Å². The lowest BCUT2D eigenvalue weighted by Gasteiger charge is -2.09. The summed E-state index contributed by atoms with van der Waals surface area (Å²) in [6.07, 6.45) is 0. The fourth-order valence-corrected chi connectivity index (χ4v) is 3.53. The van der Waals surface area contributed by atoms with Gasteiger partial charge in [0, 0.05) is 29.4 Å². The zero-order chi connectivity index (χ0) is 16.3. The van der Waals surface area contributed by atoms with E-state index in [2.05, 4.69) is 15.5 Å². The molecule has 2 rings (SSSR count). The van der Waals surface area contributed by atoms with E-state index in [1.165, 1.54) is 6.07 Å². The summed E-state index contributed by atoms with van der Waals surface area (Å²) in [5.41, 5.74) is 3.97. The van der Waals surface area contributed by atoms with Gasteiger partial charge in [0.25, 0.3) is 0 Å². The molecule has 0 unspecified atom stereocenters. The van der Waals surface area contributed by atoms with E-state index < -0.39 is 9.84 Å². The van der Waals surface area contributed by atoms with E-state index in [0.29, 0.717) is 18.1 Å². The third-order valence-electron chi connectivity index (χ3n) is 3.58. The number of benzene rings is 1. The Morgan fingerprint density at radius 2 is 1.95 bits per heavy atom. The van der Waals surface area contributed by atoms with Crippen molar-refractivity contribution in [3.05, 3.63) is 45.7 Å². The van der Waals surface area contributed by atoms with Crippen molar-refractivity contribution in [1.82, 2.24) is 15.5 Å². The molecule has 0 radical (unpaired) electrons. The quantitative estimate of drug-likeness (QED) is 0.847. The molecule has 7 heteroatoms. The summed E-state index contributed by atoms with van der Waals surface area (Å²) in [6, 6.07) is 4.94. The highest BCUT2D eigenvalue weighted by molar-refractivity contribution is 7.91. The second-order valence-corrected chi connectivity index (χ2v) is 7.93. The average molecular weight is 342 g/mol. The van der Waals surface area contributed by atoms with Crippen LogP contribution in [0.15, 0.2) is 23.1 Å². The fourth-order valence-electron chi connectivity index (χ4n) is 2.24. The van der Waals surface area contributed by atoms with Crippen LogP contribution in [0.5, 0.6) is 0 Å². The lowest BCUT2D eigenvalue weighted by molar-refractivity contribution is 0.597. The molecular weight excluding hydrogens is 322 g/mol. The highest BCUT2D eigenvalue weighted by atomic mass is 35.5. The minimum absolute atomic E-state index is 0.0631. The molecule has 0 fully saturated rings. The zero-order valence-electron chi connectivity index (χ0n) is 12.9. The Kier molecular flexibility index (Phi) is 5.26. The predicted octanol–water partition coefficient (Wildman–Crippen LogP) is 2.76. The van der Waals surface area contributed by atoms with Crippen LogP contribution in [0.1, 0.15) is 29.4 Å². The third kappa shape index (κ3) is 3.88. The van der Waals surface area contributed by atoms with Crippen LogP contribution in [-0.4, -0.2) is 24.4 Å². The molecule has 0 spiro atoms. The predicted molar refractivity (Wildman–Crippen MR) is 87.8 cm³/mol. The van der Waals surface area contributed by atoms with Gasteiger partial charge in [0.05, 0.1) is 16.3 Å². The SMILES string of the molecule is CCS(=O)(=O)c1cc(Cl)cc(CNCc2c(C)n[nH]c2C)c1. The first-order valence-corrected chi connectivity index (χ1v) is 9.10. The average Bonchev–Trinajstić information content (AvgIpc) is 2.78.